The number of methoxy groups -OCH3 is 1. The van der Waals surface area contributed by atoms with Crippen molar-refractivity contribution in [2.24, 2.45) is 0 Å². The number of nitrogens with one attached hydrogen (secondary N) is 2. The van der Waals surface area contributed by atoms with Crippen LogP contribution in [0.4, 0.5) is 5.69 Å². The Labute approximate surface area is 204 Å². The first kappa shape index (κ1) is 21.7. The molecule has 2 aliphatic heterocycles. The van der Waals surface area contributed by atoms with Gasteiger partial charge >= 0.3 is 5.97 Å². The molecule has 0 saturated heterocycles. The molecule has 0 radical (unpaired) electrons. The van der Waals surface area contributed by atoms with Crippen molar-refractivity contribution >= 4 is 22.6 Å². The van der Waals surface area contributed by atoms with E-state index in [1.165, 1.54) is 11.3 Å². The monoisotopic (exact) mass is 467 g/mol. The average Bonchev–Trinajstić information content (AvgIpc) is 3.27. The Bertz CT molecular complexity index is 1410. The van der Waals surface area contributed by atoms with Crippen molar-refractivity contribution in [3.8, 4) is 5.75 Å². The molecule has 2 aliphatic rings. The summed E-state index contributed by atoms with van der Waals surface area (Å²) >= 11 is 0. The van der Waals surface area contributed by atoms with Crippen LogP contribution in [0.15, 0.2) is 66.7 Å². The lowest BCUT2D eigenvalue weighted by atomic mass is 9.89. The zero-order chi connectivity index (χ0) is 23.9. The number of nitrogens with zero attached hydrogens (tertiary/aromatic N) is 1. The number of aromatic nitrogens is 1. The summed E-state index contributed by atoms with van der Waals surface area (Å²) in [6, 6.07) is 22.1. The van der Waals surface area contributed by atoms with E-state index in [1.807, 2.05) is 30.3 Å². The maximum atomic E-state index is 12.0. The van der Waals surface area contributed by atoms with Gasteiger partial charge < -0.3 is 19.7 Å². The summed E-state index contributed by atoms with van der Waals surface area (Å²) in [4.78, 5) is 18.0. The summed E-state index contributed by atoms with van der Waals surface area (Å²) in [7, 11) is 1.71. The number of ether oxygens (including phenoxy) is 1. The molecule has 0 fully saturated rings. The Morgan fingerprint density at radius 2 is 1.94 bits per heavy atom. The van der Waals surface area contributed by atoms with Gasteiger partial charge in [0, 0.05) is 47.4 Å². The van der Waals surface area contributed by atoms with Crippen molar-refractivity contribution in [1.82, 2.24) is 10.3 Å². The Hall–Kier alpha value is -3.77. The minimum atomic E-state index is -0.829. The number of carbonyl (C=O) groups is 1. The first-order chi connectivity index (χ1) is 17.1. The molecular formula is C29H29N3O3. The molecule has 0 amide bonds. The molecule has 2 atom stereocenters. The highest BCUT2D eigenvalue weighted by Crippen LogP contribution is 2.37. The zero-order valence-electron chi connectivity index (χ0n) is 19.8. The average molecular weight is 468 g/mol. The van der Waals surface area contributed by atoms with Gasteiger partial charge in [0.2, 0.25) is 0 Å². The third-order valence-electron chi connectivity index (χ3n) is 7.41. The molecule has 3 aromatic carbocycles. The van der Waals surface area contributed by atoms with Crippen LogP contribution in [0.2, 0.25) is 0 Å². The maximum absolute atomic E-state index is 12.0. The van der Waals surface area contributed by atoms with Crippen LogP contribution in [0.1, 0.15) is 40.4 Å². The third kappa shape index (κ3) is 3.84. The number of carboxylic acids is 1. The summed E-state index contributed by atoms with van der Waals surface area (Å²) < 4.78 is 5.75. The normalized spacial score (nSPS) is 19.3. The molecule has 35 heavy (non-hydrogen) atoms. The van der Waals surface area contributed by atoms with Crippen molar-refractivity contribution in [1.29, 1.82) is 0 Å². The lowest BCUT2D eigenvalue weighted by Gasteiger charge is -2.33. The van der Waals surface area contributed by atoms with Gasteiger partial charge in [0.25, 0.3) is 0 Å². The Morgan fingerprint density at radius 1 is 1.11 bits per heavy atom. The van der Waals surface area contributed by atoms with E-state index in [9.17, 15) is 9.90 Å². The van der Waals surface area contributed by atoms with Crippen LogP contribution in [0.25, 0.3) is 10.9 Å². The molecule has 0 bridgehead atoms. The van der Waals surface area contributed by atoms with Crippen molar-refractivity contribution in [3.05, 3.63) is 94.7 Å². The minimum absolute atomic E-state index is 0.245. The van der Waals surface area contributed by atoms with Gasteiger partial charge in [-0.05, 0) is 53.8 Å². The topological polar surface area (TPSA) is 77.6 Å². The highest BCUT2D eigenvalue weighted by atomic mass is 16.5. The fraction of sp³-hybridized carbons (Fsp3) is 0.276. The molecule has 0 spiro atoms. The van der Waals surface area contributed by atoms with Gasteiger partial charge in [0.05, 0.1) is 13.2 Å². The molecule has 6 rings (SSSR count). The number of hydrogen-bond acceptors (Lipinski definition) is 4. The van der Waals surface area contributed by atoms with Gasteiger partial charge in [-0.2, -0.15) is 0 Å². The van der Waals surface area contributed by atoms with E-state index < -0.39 is 12.0 Å². The quantitative estimate of drug-likeness (QED) is 0.392. The predicted octanol–water partition coefficient (Wildman–Crippen LogP) is 4.82. The highest BCUT2D eigenvalue weighted by Gasteiger charge is 2.34. The first-order valence-electron chi connectivity index (χ1n) is 12.2. The Balaban J connectivity index is 1.41. The molecule has 6 heteroatoms. The van der Waals surface area contributed by atoms with Crippen molar-refractivity contribution < 1.29 is 14.6 Å². The number of aliphatic carboxylic acids is 1. The molecule has 0 unspecified atom stereocenters. The molecule has 178 valence electrons. The largest absolute Gasteiger partial charge is 0.496 e. The van der Waals surface area contributed by atoms with Crippen LogP contribution < -0.4 is 15.0 Å². The van der Waals surface area contributed by atoms with Gasteiger partial charge in [0.1, 0.15) is 11.8 Å². The lowest BCUT2D eigenvalue weighted by Crippen LogP contribution is -2.45. The van der Waals surface area contributed by atoms with Gasteiger partial charge in [-0.15, -0.1) is 0 Å². The first-order valence-corrected chi connectivity index (χ1v) is 12.2. The van der Waals surface area contributed by atoms with Crippen LogP contribution in [-0.4, -0.2) is 35.8 Å². The number of benzene rings is 3. The fourth-order valence-electron chi connectivity index (χ4n) is 5.74. The number of aryl methyl sites for hydroxylation is 1. The fourth-order valence-corrected chi connectivity index (χ4v) is 5.74. The second kappa shape index (κ2) is 8.78. The third-order valence-corrected chi connectivity index (χ3v) is 7.41. The van der Waals surface area contributed by atoms with Gasteiger partial charge in [-0.25, -0.2) is 0 Å². The van der Waals surface area contributed by atoms with Gasteiger partial charge in [-0.3, -0.25) is 10.1 Å². The molecule has 3 heterocycles. The summed E-state index contributed by atoms with van der Waals surface area (Å²) in [5.41, 5.74) is 7.96. The molecule has 3 N–H and O–H groups in total. The molecule has 0 saturated carbocycles. The minimum Gasteiger partial charge on any atom is -0.496 e. The summed E-state index contributed by atoms with van der Waals surface area (Å²) in [6.07, 6.45) is 2.69. The van der Waals surface area contributed by atoms with E-state index >= 15 is 0 Å². The second-order valence-electron chi connectivity index (χ2n) is 9.48. The summed E-state index contributed by atoms with van der Waals surface area (Å²) in [5, 5.41) is 14.4. The van der Waals surface area contributed by atoms with Crippen LogP contribution in [-0.2, 0) is 24.2 Å². The van der Waals surface area contributed by atoms with Crippen LogP contribution in [0, 0.1) is 0 Å². The molecular weight excluding hydrogens is 438 g/mol. The van der Waals surface area contributed by atoms with Crippen LogP contribution >= 0.6 is 0 Å². The Kier molecular flexibility index (Phi) is 5.46. The van der Waals surface area contributed by atoms with E-state index in [-0.39, 0.29) is 6.04 Å². The van der Waals surface area contributed by atoms with E-state index in [4.69, 9.17) is 4.74 Å². The van der Waals surface area contributed by atoms with E-state index in [0.717, 1.165) is 65.0 Å². The van der Waals surface area contributed by atoms with Crippen molar-refractivity contribution in [3.63, 3.8) is 0 Å². The van der Waals surface area contributed by atoms with Gasteiger partial charge in [-0.1, -0.05) is 42.5 Å². The standard InChI is InChI=1S/C29H29N3O3/c1-35-26-13-12-19(15-20(26)17-32-14-6-8-18-7-2-5-11-25(18)32)27-28-22(16-24(31-27)29(33)34)21-9-3-4-10-23(21)30-28/h2-5,7,9-13,15,24,27,30-31H,6,8,14,16-17H2,1H3,(H,33,34)/t24-,27+/m1/s1. The highest BCUT2D eigenvalue weighted by molar-refractivity contribution is 5.87. The maximum Gasteiger partial charge on any atom is 0.321 e. The van der Waals surface area contributed by atoms with E-state index in [2.05, 4.69) is 51.6 Å². The number of anilines is 1. The molecule has 6 nitrogen and oxygen atoms in total. The van der Waals surface area contributed by atoms with Crippen LogP contribution in [0.3, 0.4) is 0 Å². The lowest BCUT2D eigenvalue weighted by molar-refractivity contribution is -0.139. The number of carboxylic acid groups (broad SMARTS) is 1. The number of H-pyrrole nitrogens is 1. The zero-order valence-corrected chi connectivity index (χ0v) is 19.8. The SMILES string of the molecule is COc1ccc([C@@H]2N[C@@H](C(=O)O)Cc3c2[nH]c2ccccc32)cc1CN1CCCc2ccccc21. The van der Waals surface area contributed by atoms with Crippen LogP contribution in [0.5, 0.6) is 5.75 Å². The smallest absolute Gasteiger partial charge is 0.321 e. The Morgan fingerprint density at radius 3 is 2.80 bits per heavy atom. The molecule has 1 aromatic heterocycles. The van der Waals surface area contributed by atoms with Crippen molar-refractivity contribution in [2.75, 3.05) is 18.6 Å². The van der Waals surface area contributed by atoms with E-state index in [1.54, 1.807) is 7.11 Å². The number of fused-ring (bicyclic) bond motifs is 4. The second-order valence-corrected chi connectivity index (χ2v) is 9.48. The number of para-hydroxylation sites is 2. The summed E-state index contributed by atoms with van der Waals surface area (Å²) in [5.74, 6) is 0.0175. The number of aromatic amines is 1. The number of hydrogen-bond donors (Lipinski definition) is 3. The number of rotatable bonds is 5. The predicted molar refractivity (Wildman–Crippen MR) is 137 cm³/mol. The molecule has 4 aromatic rings. The summed E-state index contributed by atoms with van der Waals surface area (Å²) in [6.45, 7) is 1.74. The molecule has 0 aliphatic carbocycles. The van der Waals surface area contributed by atoms with Crippen molar-refractivity contribution in [2.45, 2.75) is 37.9 Å². The van der Waals surface area contributed by atoms with Gasteiger partial charge in [0.15, 0.2) is 0 Å². The van der Waals surface area contributed by atoms with E-state index in [0.29, 0.717) is 6.42 Å².